The second-order valence-electron chi connectivity index (χ2n) is 7.68. The van der Waals surface area contributed by atoms with E-state index in [2.05, 4.69) is 19.6 Å². The maximum Gasteiger partial charge on any atom is 0.150 e. The second kappa shape index (κ2) is 9.35. The molecule has 0 radical (unpaired) electrons. The number of ether oxygens (including phenoxy) is 2. The van der Waals surface area contributed by atoms with Crippen molar-refractivity contribution in [2.75, 3.05) is 31.0 Å². The van der Waals surface area contributed by atoms with Crippen LogP contribution < -0.4 is 10.1 Å². The molecule has 0 amide bonds. The van der Waals surface area contributed by atoms with Gasteiger partial charge in [-0.1, -0.05) is 7.43 Å². The summed E-state index contributed by atoms with van der Waals surface area (Å²) < 4.78 is 41.2. The number of nitrogens with zero attached hydrogens (tertiary/aromatic N) is 3. The van der Waals surface area contributed by atoms with Crippen LogP contribution in [0.1, 0.15) is 13.0 Å². The van der Waals surface area contributed by atoms with Gasteiger partial charge >= 0.3 is 0 Å². The number of hydrogen-bond donors (Lipinski definition) is 2. The lowest BCUT2D eigenvalue weighted by Gasteiger charge is -2.19. The van der Waals surface area contributed by atoms with E-state index in [1.807, 2.05) is 13.0 Å². The van der Waals surface area contributed by atoms with E-state index in [0.717, 1.165) is 10.9 Å². The van der Waals surface area contributed by atoms with Crippen LogP contribution in [0.5, 0.6) is 5.75 Å². The third-order valence-corrected chi connectivity index (χ3v) is 5.37. The Morgan fingerprint density at radius 3 is 2.72 bits per heavy atom. The van der Waals surface area contributed by atoms with Crippen molar-refractivity contribution in [3.05, 3.63) is 48.0 Å². The normalized spacial score (nSPS) is 18.3. The third-order valence-electron chi connectivity index (χ3n) is 4.72. The standard InChI is InChI=1S/C21H23FN4O4S.CH4/c1-12-6-14(26-31(2,3)28)8-16-20(12)21(24-11-23-16)25-15-5-4-13(22)7-18(15)30-19-10-29-9-17(19)27;/h4-8,11,17,19,27H,9-10H2,1-3H3,(H,23,24,25);1H4/t17-,19+;/m1./s1. The molecule has 2 aromatic carbocycles. The molecule has 0 spiro atoms. The van der Waals surface area contributed by atoms with Crippen LogP contribution in [0.4, 0.5) is 21.6 Å². The van der Waals surface area contributed by atoms with Gasteiger partial charge in [0.1, 0.15) is 29.8 Å². The lowest BCUT2D eigenvalue weighted by Crippen LogP contribution is -2.30. The Balaban J connectivity index is 0.00000289. The van der Waals surface area contributed by atoms with Crippen LogP contribution in [0.15, 0.2) is 41.0 Å². The predicted octanol–water partition coefficient (Wildman–Crippen LogP) is 3.95. The first-order chi connectivity index (χ1) is 14.7. The Morgan fingerprint density at radius 2 is 2.03 bits per heavy atom. The highest BCUT2D eigenvalue weighted by Gasteiger charge is 2.29. The molecule has 1 saturated heterocycles. The van der Waals surface area contributed by atoms with Crippen molar-refractivity contribution in [2.24, 2.45) is 4.36 Å². The van der Waals surface area contributed by atoms with Gasteiger partial charge in [0, 0.05) is 33.7 Å². The van der Waals surface area contributed by atoms with Crippen LogP contribution >= 0.6 is 0 Å². The minimum absolute atomic E-state index is 0. The van der Waals surface area contributed by atoms with Crippen molar-refractivity contribution in [1.29, 1.82) is 0 Å². The molecule has 172 valence electrons. The van der Waals surface area contributed by atoms with Crippen molar-refractivity contribution >= 4 is 37.8 Å². The second-order valence-corrected chi connectivity index (χ2v) is 10.2. The van der Waals surface area contributed by atoms with E-state index in [9.17, 15) is 13.7 Å². The summed E-state index contributed by atoms with van der Waals surface area (Å²) in [6.45, 7) is 2.28. The Bertz CT molecular complexity index is 1250. The minimum atomic E-state index is -2.31. The van der Waals surface area contributed by atoms with Gasteiger partial charge in [0.25, 0.3) is 0 Å². The molecule has 4 rings (SSSR count). The lowest BCUT2D eigenvalue weighted by molar-refractivity contribution is 0.0736. The number of aryl methyl sites for hydroxylation is 1. The van der Waals surface area contributed by atoms with Crippen LogP contribution in [-0.2, 0) is 14.5 Å². The smallest absolute Gasteiger partial charge is 0.150 e. The zero-order valence-electron chi connectivity index (χ0n) is 17.3. The van der Waals surface area contributed by atoms with Gasteiger partial charge in [0.05, 0.1) is 30.1 Å². The molecule has 2 N–H and O–H groups in total. The molecule has 8 nitrogen and oxygen atoms in total. The van der Waals surface area contributed by atoms with E-state index in [4.69, 9.17) is 9.47 Å². The zero-order valence-corrected chi connectivity index (χ0v) is 18.1. The molecule has 0 unspecified atom stereocenters. The van der Waals surface area contributed by atoms with Crippen LogP contribution in [0, 0.1) is 12.7 Å². The average molecular weight is 463 g/mol. The van der Waals surface area contributed by atoms with Crippen molar-refractivity contribution in [2.45, 2.75) is 26.6 Å². The van der Waals surface area contributed by atoms with E-state index in [-0.39, 0.29) is 26.4 Å². The molecule has 0 bridgehead atoms. The van der Waals surface area contributed by atoms with Crippen molar-refractivity contribution in [3.8, 4) is 5.75 Å². The van der Waals surface area contributed by atoms with Crippen molar-refractivity contribution in [3.63, 3.8) is 0 Å². The van der Waals surface area contributed by atoms with Gasteiger partial charge in [0.2, 0.25) is 0 Å². The number of hydrogen-bond acceptors (Lipinski definition) is 8. The molecule has 0 aliphatic carbocycles. The Morgan fingerprint density at radius 1 is 1.25 bits per heavy atom. The molecule has 32 heavy (non-hydrogen) atoms. The van der Waals surface area contributed by atoms with Gasteiger partial charge in [0.15, 0.2) is 6.10 Å². The monoisotopic (exact) mass is 462 g/mol. The molecule has 3 aromatic rings. The quantitative estimate of drug-likeness (QED) is 0.591. The Labute approximate surface area is 187 Å². The molecule has 0 saturated carbocycles. The van der Waals surface area contributed by atoms with Gasteiger partial charge in [-0.05, 0) is 36.8 Å². The number of halogens is 1. The molecule has 10 heteroatoms. The highest BCUT2D eigenvalue weighted by molar-refractivity contribution is 7.92. The first-order valence-electron chi connectivity index (χ1n) is 9.61. The number of aliphatic hydroxyl groups is 1. The number of nitrogens with one attached hydrogen (secondary N) is 1. The van der Waals surface area contributed by atoms with Crippen molar-refractivity contribution < 1.29 is 23.2 Å². The number of rotatable bonds is 5. The summed E-state index contributed by atoms with van der Waals surface area (Å²) in [4.78, 5) is 8.66. The molecule has 1 aliphatic rings. The highest BCUT2D eigenvalue weighted by atomic mass is 32.2. The fourth-order valence-corrected chi connectivity index (χ4v) is 4.01. The average Bonchev–Trinajstić information content (AvgIpc) is 3.07. The zero-order chi connectivity index (χ0) is 22.2. The summed E-state index contributed by atoms with van der Waals surface area (Å²) >= 11 is 0. The molecule has 1 aromatic heterocycles. The minimum Gasteiger partial charge on any atom is -0.483 e. The summed E-state index contributed by atoms with van der Waals surface area (Å²) in [5, 5.41) is 13.9. The summed E-state index contributed by atoms with van der Waals surface area (Å²) in [7, 11) is -2.31. The van der Waals surface area contributed by atoms with E-state index in [1.165, 1.54) is 18.5 Å². The van der Waals surface area contributed by atoms with E-state index >= 15 is 0 Å². The molecular formula is C22H27FN4O4S. The molecule has 1 aliphatic heterocycles. The summed E-state index contributed by atoms with van der Waals surface area (Å²) in [5.41, 5.74) is 2.53. The summed E-state index contributed by atoms with van der Waals surface area (Å²) in [6, 6.07) is 7.67. The number of anilines is 2. The van der Waals surface area contributed by atoms with E-state index in [1.54, 1.807) is 24.6 Å². The number of fused-ring (bicyclic) bond motifs is 1. The Hall–Kier alpha value is -2.82. The number of aliphatic hydroxyl groups excluding tert-OH is 1. The van der Waals surface area contributed by atoms with Crippen molar-refractivity contribution in [1.82, 2.24) is 9.97 Å². The molecular weight excluding hydrogens is 435 g/mol. The number of aromatic nitrogens is 2. The first kappa shape index (κ1) is 23.8. The van der Waals surface area contributed by atoms with Crippen LogP contribution in [0.25, 0.3) is 10.9 Å². The predicted molar refractivity (Wildman–Crippen MR) is 124 cm³/mol. The fraction of sp³-hybridized carbons (Fsp3) is 0.364. The summed E-state index contributed by atoms with van der Waals surface area (Å²) in [5.74, 6) is 0.274. The maximum absolute atomic E-state index is 13.9. The van der Waals surface area contributed by atoms with Gasteiger partial charge in [-0.25, -0.2) is 18.6 Å². The van der Waals surface area contributed by atoms with E-state index in [0.29, 0.717) is 22.7 Å². The van der Waals surface area contributed by atoms with Crippen LogP contribution in [0.3, 0.4) is 0 Å². The lowest BCUT2D eigenvalue weighted by atomic mass is 10.1. The maximum atomic E-state index is 13.9. The molecule has 1 fully saturated rings. The molecule has 2 heterocycles. The van der Waals surface area contributed by atoms with Gasteiger partial charge in [-0.15, -0.1) is 0 Å². The fourth-order valence-electron chi connectivity index (χ4n) is 3.40. The summed E-state index contributed by atoms with van der Waals surface area (Å²) in [6.07, 6.45) is 3.17. The van der Waals surface area contributed by atoms with Gasteiger partial charge < -0.3 is 19.9 Å². The topological polar surface area (TPSA) is 106 Å². The first-order valence-corrected chi connectivity index (χ1v) is 11.9. The largest absolute Gasteiger partial charge is 0.483 e. The van der Waals surface area contributed by atoms with E-state index < -0.39 is 27.8 Å². The molecule has 2 atom stereocenters. The van der Waals surface area contributed by atoms with Gasteiger partial charge in [-0.3, -0.25) is 0 Å². The van der Waals surface area contributed by atoms with Gasteiger partial charge in [-0.2, -0.15) is 4.36 Å². The highest BCUT2D eigenvalue weighted by Crippen LogP contribution is 2.34. The van der Waals surface area contributed by atoms with Crippen LogP contribution in [-0.4, -0.2) is 57.2 Å². The number of benzene rings is 2. The Kier molecular flexibility index (Phi) is 6.97. The SMILES string of the molecule is C.Cc1cc(N=S(C)(C)=O)cc2ncnc(Nc3ccc(F)cc3O[C@H]3COC[C@H]3O)c12. The van der Waals surface area contributed by atoms with Crippen LogP contribution in [0.2, 0.25) is 0 Å². The third kappa shape index (κ3) is 5.32.